The number of nitrogens with one attached hydrogen (secondary N) is 2. The second-order valence-corrected chi connectivity index (χ2v) is 9.75. The van der Waals surface area contributed by atoms with E-state index in [0.29, 0.717) is 22.5 Å². The average Bonchev–Trinajstić information content (AvgIpc) is 3.33. The molecule has 5 aromatic rings. The molecular weight excluding hydrogens is 516 g/mol. The van der Waals surface area contributed by atoms with Crippen LogP contribution in [0.1, 0.15) is 37.8 Å². The maximum absolute atomic E-state index is 12.9. The third-order valence-corrected chi connectivity index (χ3v) is 7.23. The lowest BCUT2D eigenvalue weighted by Crippen LogP contribution is -2.17. The molecule has 0 aromatic heterocycles. The highest BCUT2D eigenvalue weighted by atomic mass is 16.5. The summed E-state index contributed by atoms with van der Waals surface area (Å²) in [5.41, 5.74) is 6.43. The maximum atomic E-state index is 12.9. The number of carbonyl (C=O) groups excluding carboxylic acids is 3. The average molecular weight is 543 g/mol. The highest BCUT2D eigenvalue weighted by molar-refractivity contribution is 6.07. The Kier molecular flexibility index (Phi) is 6.92. The second kappa shape index (κ2) is 11.0. The standard InChI is InChI=1S/C34H26N2O5/c1-40-33(38)23-7-6-8-25(18-23)35-32(37)22-14-13-21-15-16-26(19-24(21)17-22)36-34(39)41-20-31-29-11-4-2-9-27(29)28-10-3-5-12-30(28)31/h2-19,31H,20H2,1H3,(H,35,37)(H,36,39). The van der Waals surface area contributed by atoms with Crippen LogP contribution in [0.15, 0.2) is 109 Å². The molecule has 5 aromatic carbocycles. The third-order valence-electron chi connectivity index (χ3n) is 7.23. The Hall–Kier alpha value is -5.43. The summed E-state index contributed by atoms with van der Waals surface area (Å²) < 4.78 is 10.4. The second-order valence-electron chi connectivity index (χ2n) is 9.75. The van der Waals surface area contributed by atoms with Crippen LogP contribution in [0.5, 0.6) is 0 Å². The van der Waals surface area contributed by atoms with E-state index in [4.69, 9.17) is 9.47 Å². The zero-order valence-electron chi connectivity index (χ0n) is 22.2. The monoisotopic (exact) mass is 542 g/mol. The minimum absolute atomic E-state index is 0.0286. The summed E-state index contributed by atoms with van der Waals surface area (Å²) in [4.78, 5) is 37.5. The van der Waals surface area contributed by atoms with Gasteiger partial charge >= 0.3 is 12.1 Å². The van der Waals surface area contributed by atoms with Crippen molar-refractivity contribution in [3.63, 3.8) is 0 Å². The zero-order valence-corrected chi connectivity index (χ0v) is 22.2. The molecule has 7 nitrogen and oxygen atoms in total. The highest BCUT2D eigenvalue weighted by Crippen LogP contribution is 2.44. The Morgan fingerprint density at radius 3 is 2.07 bits per heavy atom. The molecule has 0 atom stereocenters. The fraction of sp³-hybridized carbons (Fsp3) is 0.0882. The first-order valence-electron chi connectivity index (χ1n) is 13.2. The molecule has 0 heterocycles. The fourth-order valence-electron chi connectivity index (χ4n) is 5.26. The first-order valence-corrected chi connectivity index (χ1v) is 13.2. The SMILES string of the molecule is COC(=O)c1cccc(NC(=O)c2ccc3ccc(NC(=O)OCC4c5ccccc5-c5ccccc54)cc3c2)c1. The van der Waals surface area contributed by atoms with Crippen LogP contribution < -0.4 is 10.6 Å². The first-order chi connectivity index (χ1) is 20.0. The van der Waals surface area contributed by atoms with E-state index < -0.39 is 12.1 Å². The lowest BCUT2D eigenvalue weighted by atomic mass is 9.98. The zero-order chi connectivity index (χ0) is 28.3. The molecule has 2 N–H and O–H groups in total. The van der Waals surface area contributed by atoms with Gasteiger partial charge in [0.1, 0.15) is 6.61 Å². The Bertz CT molecular complexity index is 1770. The van der Waals surface area contributed by atoms with E-state index in [1.54, 1.807) is 48.5 Å². The van der Waals surface area contributed by atoms with Crippen molar-refractivity contribution in [2.24, 2.45) is 0 Å². The van der Waals surface area contributed by atoms with Gasteiger partial charge in [-0.1, -0.05) is 66.7 Å². The van der Waals surface area contributed by atoms with E-state index in [-0.39, 0.29) is 18.4 Å². The molecule has 0 fully saturated rings. The number of hydrogen-bond donors (Lipinski definition) is 2. The summed E-state index contributed by atoms with van der Waals surface area (Å²) in [6.07, 6.45) is -0.550. The molecule has 0 radical (unpaired) electrons. The van der Waals surface area contributed by atoms with Gasteiger partial charge in [0, 0.05) is 22.9 Å². The topological polar surface area (TPSA) is 93.7 Å². The minimum Gasteiger partial charge on any atom is -0.465 e. The van der Waals surface area contributed by atoms with Gasteiger partial charge in [-0.05, 0) is 75.5 Å². The molecule has 1 aliphatic rings. The van der Waals surface area contributed by atoms with Crippen molar-refractivity contribution < 1.29 is 23.9 Å². The number of carbonyl (C=O) groups is 3. The van der Waals surface area contributed by atoms with Crippen LogP contribution in [0.3, 0.4) is 0 Å². The van der Waals surface area contributed by atoms with Crippen molar-refractivity contribution in [3.8, 4) is 11.1 Å². The lowest BCUT2D eigenvalue weighted by molar-refractivity contribution is 0.0600. The molecule has 0 saturated heterocycles. The van der Waals surface area contributed by atoms with Crippen molar-refractivity contribution in [2.75, 3.05) is 24.4 Å². The number of benzene rings is 5. The number of ether oxygens (including phenoxy) is 2. The Balaban J connectivity index is 1.14. The molecule has 7 heteroatoms. The predicted octanol–water partition coefficient (Wildman–Crippen LogP) is 7.24. The number of hydrogen-bond acceptors (Lipinski definition) is 5. The van der Waals surface area contributed by atoms with Crippen LogP contribution in [0, 0.1) is 0 Å². The van der Waals surface area contributed by atoms with Crippen molar-refractivity contribution in [3.05, 3.63) is 131 Å². The van der Waals surface area contributed by atoms with E-state index in [1.165, 1.54) is 18.2 Å². The number of esters is 1. The van der Waals surface area contributed by atoms with Gasteiger partial charge in [0.2, 0.25) is 0 Å². The lowest BCUT2D eigenvalue weighted by Gasteiger charge is -2.15. The van der Waals surface area contributed by atoms with Crippen LogP contribution in [0.2, 0.25) is 0 Å². The van der Waals surface area contributed by atoms with Crippen molar-refractivity contribution >= 4 is 40.1 Å². The number of anilines is 2. The summed E-state index contributed by atoms with van der Waals surface area (Å²) in [6, 6.07) is 33.7. The molecular formula is C34H26N2O5. The quantitative estimate of drug-likeness (QED) is 0.221. The summed E-state index contributed by atoms with van der Waals surface area (Å²) in [6.45, 7) is 0.217. The Morgan fingerprint density at radius 2 is 1.34 bits per heavy atom. The van der Waals surface area contributed by atoms with E-state index in [0.717, 1.165) is 21.9 Å². The van der Waals surface area contributed by atoms with E-state index in [2.05, 4.69) is 34.9 Å². The smallest absolute Gasteiger partial charge is 0.411 e. The van der Waals surface area contributed by atoms with Crippen LogP contribution in [-0.4, -0.2) is 31.7 Å². The molecule has 0 spiro atoms. The van der Waals surface area contributed by atoms with Crippen LogP contribution in [0.25, 0.3) is 21.9 Å². The van der Waals surface area contributed by atoms with Crippen molar-refractivity contribution in [2.45, 2.75) is 5.92 Å². The minimum atomic E-state index is -0.550. The molecule has 0 aliphatic heterocycles. The number of fused-ring (bicyclic) bond motifs is 4. The summed E-state index contributed by atoms with van der Waals surface area (Å²) >= 11 is 0. The number of methoxy groups -OCH3 is 1. The molecule has 1 aliphatic carbocycles. The van der Waals surface area contributed by atoms with Crippen molar-refractivity contribution in [1.82, 2.24) is 0 Å². The molecule has 0 saturated carbocycles. The molecule has 202 valence electrons. The number of amides is 2. The fourth-order valence-corrected chi connectivity index (χ4v) is 5.26. The summed E-state index contributed by atoms with van der Waals surface area (Å²) in [7, 11) is 1.30. The molecule has 41 heavy (non-hydrogen) atoms. The summed E-state index contributed by atoms with van der Waals surface area (Å²) in [5.74, 6) is -0.841. The van der Waals surface area contributed by atoms with Gasteiger partial charge in [0.05, 0.1) is 12.7 Å². The van der Waals surface area contributed by atoms with Crippen molar-refractivity contribution in [1.29, 1.82) is 0 Å². The normalized spacial score (nSPS) is 11.8. The van der Waals surface area contributed by atoms with Gasteiger partial charge in [-0.3, -0.25) is 10.1 Å². The molecule has 0 bridgehead atoms. The predicted molar refractivity (Wildman–Crippen MR) is 158 cm³/mol. The van der Waals surface area contributed by atoms with Gasteiger partial charge in [0.25, 0.3) is 5.91 Å². The molecule has 0 unspecified atom stereocenters. The van der Waals surface area contributed by atoms with E-state index >= 15 is 0 Å². The van der Waals surface area contributed by atoms with Gasteiger partial charge in [-0.2, -0.15) is 0 Å². The maximum Gasteiger partial charge on any atom is 0.411 e. The van der Waals surface area contributed by atoms with Gasteiger partial charge < -0.3 is 14.8 Å². The third kappa shape index (κ3) is 5.25. The van der Waals surface area contributed by atoms with E-state index in [1.807, 2.05) is 36.4 Å². The van der Waals surface area contributed by atoms with Crippen LogP contribution in [0.4, 0.5) is 16.2 Å². The molecule has 2 amide bonds. The van der Waals surface area contributed by atoms with Gasteiger partial charge in [-0.25, -0.2) is 9.59 Å². The van der Waals surface area contributed by atoms with Gasteiger partial charge in [-0.15, -0.1) is 0 Å². The van der Waals surface area contributed by atoms with Gasteiger partial charge in [0.15, 0.2) is 0 Å². The Morgan fingerprint density at radius 1 is 0.659 bits per heavy atom. The van der Waals surface area contributed by atoms with Crippen LogP contribution in [-0.2, 0) is 9.47 Å². The summed E-state index contributed by atoms with van der Waals surface area (Å²) in [5, 5.41) is 7.31. The van der Waals surface area contributed by atoms with E-state index in [9.17, 15) is 14.4 Å². The number of rotatable bonds is 6. The van der Waals surface area contributed by atoms with Crippen LogP contribution >= 0.6 is 0 Å². The highest BCUT2D eigenvalue weighted by Gasteiger charge is 2.29. The molecule has 6 rings (SSSR count). The largest absolute Gasteiger partial charge is 0.465 e. The Labute approximate surface area is 236 Å². The first kappa shape index (κ1) is 25.8.